The molecule has 3 heteroatoms. The standard InChI is InChI=1S/C17H28N3/c1-16(2,3)11-19-13-20(12-17(4,5)6)15-14(19)9-8-10-18(15)7/h8-10H,11-12H2,1-7H3/q+1. The number of aryl methyl sites for hydroxylation is 1. The molecule has 0 bridgehead atoms. The number of hydrogen-bond donors (Lipinski definition) is 0. The molecule has 20 heavy (non-hydrogen) atoms. The molecule has 1 aromatic heterocycles. The zero-order chi connectivity index (χ0) is 15.1. The predicted molar refractivity (Wildman–Crippen MR) is 84.5 cm³/mol. The van der Waals surface area contributed by atoms with Gasteiger partial charge in [0, 0.05) is 6.54 Å². The van der Waals surface area contributed by atoms with Crippen molar-refractivity contribution in [3.8, 4) is 0 Å². The Hall–Kier alpha value is -1.25. The highest BCUT2D eigenvalue weighted by molar-refractivity contribution is 5.72. The molecule has 0 aromatic carbocycles. The van der Waals surface area contributed by atoms with E-state index in [1.54, 1.807) is 0 Å². The molecule has 0 saturated carbocycles. The molecule has 0 amide bonds. The molecule has 0 saturated heterocycles. The van der Waals surface area contributed by atoms with Gasteiger partial charge in [-0.15, -0.1) is 0 Å². The van der Waals surface area contributed by atoms with Gasteiger partial charge in [-0.2, -0.15) is 0 Å². The highest BCUT2D eigenvalue weighted by Crippen LogP contribution is 2.38. The quantitative estimate of drug-likeness (QED) is 0.767. The zero-order valence-corrected chi connectivity index (χ0v) is 14.0. The van der Waals surface area contributed by atoms with Gasteiger partial charge in [0.1, 0.15) is 5.69 Å². The first-order chi connectivity index (χ1) is 9.07. The van der Waals surface area contributed by atoms with Crippen LogP contribution in [0.1, 0.15) is 41.5 Å². The van der Waals surface area contributed by atoms with Crippen LogP contribution in [0.25, 0.3) is 0 Å². The lowest BCUT2D eigenvalue weighted by molar-refractivity contribution is -0.657. The summed E-state index contributed by atoms with van der Waals surface area (Å²) in [6, 6.07) is 4.30. The van der Waals surface area contributed by atoms with E-state index in [2.05, 4.69) is 88.0 Å². The lowest BCUT2D eigenvalue weighted by Crippen LogP contribution is -2.40. The summed E-state index contributed by atoms with van der Waals surface area (Å²) in [5.41, 5.74) is 1.75. The second-order valence-corrected chi connectivity index (χ2v) is 8.22. The Kier molecular flexibility index (Phi) is 3.74. The van der Waals surface area contributed by atoms with E-state index < -0.39 is 0 Å². The van der Waals surface area contributed by atoms with Gasteiger partial charge in [-0.05, 0) is 23.0 Å². The summed E-state index contributed by atoms with van der Waals surface area (Å²) in [6.07, 6.45) is 2.11. The number of nitrogens with zero attached hydrogens (tertiary/aromatic N) is 3. The Labute approximate surface area is 124 Å². The first kappa shape index (κ1) is 15.1. The largest absolute Gasteiger partial charge is 0.323 e. The molecule has 0 atom stereocenters. The Bertz CT molecular complexity index is 480. The third-order valence-corrected chi connectivity index (χ3v) is 3.18. The Morgan fingerprint density at radius 3 is 2.10 bits per heavy atom. The molecule has 1 aromatic rings. The number of rotatable bonds is 2. The van der Waals surface area contributed by atoms with Crippen molar-refractivity contribution in [2.75, 3.05) is 22.9 Å². The minimum atomic E-state index is 0.241. The lowest BCUT2D eigenvalue weighted by Gasteiger charge is -2.26. The predicted octanol–water partition coefficient (Wildman–Crippen LogP) is 3.23. The first-order valence-electron chi connectivity index (χ1n) is 7.37. The van der Waals surface area contributed by atoms with Crippen LogP contribution >= 0.6 is 0 Å². The maximum atomic E-state index is 3.56. The maximum absolute atomic E-state index is 3.56. The van der Waals surface area contributed by atoms with Gasteiger partial charge >= 0.3 is 12.5 Å². The van der Waals surface area contributed by atoms with Gasteiger partial charge in [-0.25, -0.2) is 9.47 Å². The molecule has 2 heterocycles. The van der Waals surface area contributed by atoms with E-state index in [1.165, 1.54) is 11.5 Å². The first-order valence-corrected chi connectivity index (χ1v) is 7.37. The molecular weight excluding hydrogens is 246 g/mol. The van der Waals surface area contributed by atoms with Gasteiger partial charge in [0.2, 0.25) is 0 Å². The molecule has 0 aliphatic carbocycles. The monoisotopic (exact) mass is 274 g/mol. The molecule has 3 nitrogen and oxygen atoms in total. The van der Waals surface area contributed by atoms with Crippen LogP contribution in [0.2, 0.25) is 0 Å². The van der Waals surface area contributed by atoms with Gasteiger partial charge < -0.3 is 4.90 Å². The second-order valence-electron chi connectivity index (χ2n) is 8.22. The van der Waals surface area contributed by atoms with E-state index in [-0.39, 0.29) is 10.8 Å². The SMILES string of the molecule is C[n+]1cccc2c1N(CC(C)(C)C)[C]N2CC(C)(C)C. The van der Waals surface area contributed by atoms with Crippen molar-refractivity contribution in [1.82, 2.24) is 0 Å². The molecule has 1 aliphatic rings. The number of anilines is 2. The van der Waals surface area contributed by atoms with Gasteiger partial charge in [0.05, 0.1) is 19.8 Å². The van der Waals surface area contributed by atoms with E-state index in [0.29, 0.717) is 0 Å². The molecule has 1 aliphatic heterocycles. The third kappa shape index (κ3) is 3.44. The van der Waals surface area contributed by atoms with E-state index >= 15 is 0 Å². The number of hydrogen-bond acceptors (Lipinski definition) is 2. The van der Waals surface area contributed by atoms with Crippen LogP contribution in [0.3, 0.4) is 0 Å². The Balaban J connectivity index is 2.33. The minimum absolute atomic E-state index is 0.241. The highest BCUT2D eigenvalue weighted by Gasteiger charge is 2.40. The van der Waals surface area contributed by atoms with Gasteiger partial charge in [-0.3, -0.25) is 0 Å². The minimum Gasteiger partial charge on any atom is -0.312 e. The number of pyridine rings is 1. The summed E-state index contributed by atoms with van der Waals surface area (Å²) >= 11 is 0. The molecule has 0 N–H and O–H groups in total. The molecule has 0 unspecified atom stereocenters. The van der Waals surface area contributed by atoms with Crippen molar-refractivity contribution < 1.29 is 4.57 Å². The average molecular weight is 274 g/mol. The fourth-order valence-electron chi connectivity index (χ4n) is 2.55. The molecule has 2 rings (SSSR count). The molecule has 0 spiro atoms. The summed E-state index contributed by atoms with van der Waals surface area (Å²) in [7, 11) is 2.11. The van der Waals surface area contributed by atoms with Gasteiger partial charge in [0.15, 0.2) is 0 Å². The second kappa shape index (κ2) is 4.94. The van der Waals surface area contributed by atoms with Crippen LogP contribution in [0, 0.1) is 17.5 Å². The zero-order valence-electron chi connectivity index (χ0n) is 14.0. The van der Waals surface area contributed by atoms with Crippen molar-refractivity contribution in [3.63, 3.8) is 0 Å². The van der Waals surface area contributed by atoms with Crippen molar-refractivity contribution in [2.24, 2.45) is 17.9 Å². The average Bonchev–Trinajstić information content (AvgIpc) is 2.53. The fourth-order valence-corrected chi connectivity index (χ4v) is 2.55. The Morgan fingerprint density at radius 2 is 1.55 bits per heavy atom. The van der Waals surface area contributed by atoms with Crippen LogP contribution in [-0.2, 0) is 7.05 Å². The van der Waals surface area contributed by atoms with E-state index in [9.17, 15) is 0 Å². The third-order valence-electron chi connectivity index (χ3n) is 3.18. The van der Waals surface area contributed by atoms with Gasteiger partial charge in [0.25, 0.3) is 0 Å². The summed E-state index contributed by atoms with van der Waals surface area (Å²) in [5.74, 6) is 1.24. The molecule has 110 valence electrons. The summed E-state index contributed by atoms with van der Waals surface area (Å²) < 4.78 is 2.19. The normalized spacial score (nSPS) is 15.8. The van der Waals surface area contributed by atoms with E-state index in [1.807, 2.05) is 0 Å². The maximum Gasteiger partial charge on any atom is 0.323 e. The van der Waals surface area contributed by atoms with E-state index in [0.717, 1.165) is 13.1 Å². The van der Waals surface area contributed by atoms with Crippen LogP contribution < -0.4 is 14.4 Å². The van der Waals surface area contributed by atoms with Crippen molar-refractivity contribution in [2.45, 2.75) is 41.5 Å². The summed E-state index contributed by atoms with van der Waals surface area (Å²) in [4.78, 5) is 4.53. The molecule has 2 radical (unpaired) electrons. The van der Waals surface area contributed by atoms with Crippen LogP contribution in [0.4, 0.5) is 11.5 Å². The number of aromatic nitrogens is 1. The lowest BCUT2D eigenvalue weighted by atomic mass is 9.96. The van der Waals surface area contributed by atoms with Crippen molar-refractivity contribution in [3.05, 3.63) is 25.0 Å². The summed E-state index contributed by atoms with van der Waals surface area (Å²) in [6.45, 7) is 19.1. The van der Waals surface area contributed by atoms with Crippen LogP contribution in [0.5, 0.6) is 0 Å². The number of fused-ring (bicyclic) bond motifs is 1. The smallest absolute Gasteiger partial charge is 0.312 e. The fraction of sp³-hybridized carbons (Fsp3) is 0.647. The molecule has 0 fully saturated rings. The van der Waals surface area contributed by atoms with Crippen molar-refractivity contribution >= 4 is 11.5 Å². The highest BCUT2D eigenvalue weighted by atomic mass is 15.4. The van der Waals surface area contributed by atoms with Crippen molar-refractivity contribution in [1.29, 1.82) is 0 Å². The van der Waals surface area contributed by atoms with Crippen LogP contribution in [-0.4, -0.2) is 13.1 Å². The van der Waals surface area contributed by atoms with Gasteiger partial charge in [-0.1, -0.05) is 41.5 Å². The topological polar surface area (TPSA) is 10.4 Å². The summed E-state index contributed by atoms with van der Waals surface area (Å²) in [5, 5.41) is 0. The van der Waals surface area contributed by atoms with Crippen LogP contribution in [0.15, 0.2) is 18.3 Å². The molecular formula is C17H28N3+. The van der Waals surface area contributed by atoms with E-state index in [4.69, 9.17) is 0 Å². The Morgan fingerprint density at radius 1 is 1.00 bits per heavy atom.